The minimum Gasteiger partial charge on any atom is -0.492 e. The van der Waals surface area contributed by atoms with Gasteiger partial charge in [-0.05, 0) is 32.8 Å². The molecule has 112 valence electrons. The number of benzene rings is 1. The summed E-state index contributed by atoms with van der Waals surface area (Å²) in [6.45, 7) is 9.44. The predicted molar refractivity (Wildman–Crippen MR) is 79.4 cm³/mol. The van der Waals surface area contributed by atoms with E-state index in [0.29, 0.717) is 22.8 Å². The van der Waals surface area contributed by atoms with Gasteiger partial charge >= 0.3 is 0 Å². The van der Waals surface area contributed by atoms with Crippen LogP contribution in [0.15, 0.2) is 6.07 Å². The molecule has 0 saturated heterocycles. The van der Waals surface area contributed by atoms with Gasteiger partial charge in [0.05, 0.1) is 25.9 Å². The zero-order chi connectivity index (χ0) is 15.4. The molecule has 0 unspecified atom stereocenters. The van der Waals surface area contributed by atoms with E-state index in [1.54, 1.807) is 14.2 Å². The Morgan fingerprint density at radius 3 is 1.90 bits per heavy atom. The van der Waals surface area contributed by atoms with Crippen LogP contribution in [0.1, 0.15) is 56.5 Å². The topological polar surface area (TPSA) is 44.8 Å². The molecule has 4 nitrogen and oxygen atoms in total. The molecule has 0 N–H and O–H groups in total. The van der Waals surface area contributed by atoms with Gasteiger partial charge in [-0.2, -0.15) is 0 Å². The van der Waals surface area contributed by atoms with Crippen molar-refractivity contribution >= 4 is 5.78 Å². The molecule has 20 heavy (non-hydrogen) atoms. The Kier molecular flexibility index (Phi) is 5.43. The SMILES string of the molecule is COc1c(C(C)C)cc(C(C)=O)c(OC(C)C)c1OC. The molecule has 1 aromatic rings. The van der Waals surface area contributed by atoms with Crippen LogP contribution >= 0.6 is 0 Å². The van der Waals surface area contributed by atoms with Crippen molar-refractivity contribution in [2.75, 3.05) is 14.2 Å². The van der Waals surface area contributed by atoms with Gasteiger partial charge in [0.25, 0.3) is 0 Å². The van der Waals surface area contributed by atoms with Gasteiger partial charge in [0.2, 0.25) is 5.75 Å². The van der Waals surface area contributed by atoms with Gasteiger partial charge in [-0.1, -0.05) is 13.8 Å². The maximum absolute atomic E-state index is 11.9. The fourth-order valence-corrected chi connectivity index (χ4v) is 2.08. The lowest BCUT2D eigenvalue weighted by Crippen LogP contribution is -2.12. The average Bonchev–Trinajstić information content (AvgIpc) is 2.36. The molecule has 0 atom stereocenters. The molecular weight excluding hydrogens is 256 g/mol. The number of carbonyl (C=O) groups excluding carboxylic acids is 1. The molecule has 0 radical (unpaired) electrons. The van der Waals surface area contributed by atoms with Crippen molar-refractivity contribution in [1.29, 1.82) is 0 Å². The highest BCUT2D eigenvalue weighted by Crippen LogP contribution is 2.45. The number of hydrogen-bond donors (Lipinski definition) is 0. The Labute approximate surface area is 121 Å². The monoisotopic (exact) mass is 280 g/mol. The quantitative estimate of drug-likeness (QED) is 0.743. The fourth-order valence-electron chi connectivity index (χ4n) is 2.08. The van der Waals surface area contributed by atoms with E-state index < -0.39 is 0 Å². The van der Waals surface area contributed by atoms with Crippen molar-refractivity contribution in [2.45, 2.75) is 46.6 Å². The first-order valence-electron chi connectivity index (χ1n) is 6.79. The second-order valence-electron chi connectivity index (χ2n) is 5.29. The van der Waals surface area contributed by atoms with E-state index in [9.17, 15) is 4.79 Å². The Balaban J connectivity index is 3.65. The van der Waals surface area contributed by atoms with Gasteiger partial charge in [0.1, 0.15) is 0 Å². The minimum absolute atomic E-state index is 0.0523. The van der Waals surface area contributed by atoms with E-state index in [1.807, 2.05) is 33.8 Å². The van der Waals surface area contributed by atoms with Crippen molar-refractivity contribution in [3.05, 3.63) is 17.2 Å². The molecule has 0 amide bonds. The van der Waals surface area contributed by atoms with Gasteiger partial charge in [0.15, 0.2) is 17.3 Å². The van der Waals surface area contributed by atoms with Crippen molar-refractivity contribution in [3.63, 3.8) is 0 Å². The zero-order valence-corrected chi connectivity index (χ0v) is 13.4. The Morgan fingerprint density at radius 1 is 1.00 bits per heavy atom. The normalized spacial score (nSPS) is 10.8. The summed E-state index contributed by atoms with van der Waals surface area (Å²) < 4.78 is 16.7. The first kappa shape index (κ1) is 16.3. The summed E-state index contributed by atoms with van der Waals surface area (Å²) in [5.41, 5.74) is 1.46. The number of ether oxygens (including phenoxy) is 3. The third-order valence-corrected chi connectivity index (χ3v) is 2.98. The van der Waals surface area contributed by atoms with E-state index in [4.69, 9.17) is 14.2 Å². The number of rotatable bonds is 6. The summed E-state index contributed by atoms with van der Waals surface area (Å²) in [5.74, 6) is 1.73. The van der Waals surface area contributed by atoms with Crippen LogP contribution in [0.2, 0.25) is 0 Å². The Hall–Kier alpha value is -1.71. The molecule has 0 fully saturated rings. The number of ketones is 1. The van der Waals surface area contributed by atoms with Crippen molar-refractivity contribution in [3.8, 4) is 17.2 Å². The maximum atomic E-state index is 11.9. The number of methoxy groups -OCH3 is 2. The molecule has 0 aliphatic carbocycles. The fraction of sp³-hybridized carbons (Fsp3) is 0.562. The molecule has 0 spiro atoms. The van der Waals surface area contributed by atoms with Crippen LogP contribution in [0.5, 0.6) is 17.2 Å². The Bertz CT molecular complexity index is 490. The first-order chi connectivity index (χ1) is 9.33. The lowest BCUT2D eigenvalue weighted by atomic mass is 9.96. The summed E-state index contributed by atoms with van der Waals surface area (Å²) in [6, 6.07) is 1.84. The molecular formula is C16H24O4. The standard InChI is InChI=1S/C16H24O4/c1-9(2)12-8-13(11(5)17)15(20-10(3)4)16(19-7)14(12)18-6/h8-10H,1-7H3. The average molecular weight is 280 g/mol. The van der Waals surface area contributed by atoms with Crippen LogP contribution in [0.4, 0.5) is 0 Å². The molecule has 0 aliphatic rings. The largest absolute Gasteiger partial charge is 0.492 e. The van der Waals surface area contributed by atoms with Crippen molar-refractivity contribution < 1.29 is 19.0 Å². The second-order valence-corrected chi connectivity index (χ2v) is 5.29. The summed E-state index contributed by atoms with van der Waals surface area (Å²) >= 11 is 0. The molecule has 1 aromatic carbocycles. The van der Waals surface area contributed by atoms with Crippen LogP contribution in [0.25, 0.3) is 0 Å². The van der Waals surface area contributed by atoms with Crippen molar-refractivity contribution in [2.24, 2.45) is 0 Å². The highest BCUT2D eigenvalue weighted by atomic mass is 16.5. The molecule has 0 aromatic heterocycles. The molecule has 1 rings (SSSR count). The lowest BCUT2D eigenvalue weighted by molar-refractivity contribution is 0.101. The van der Waals surface area contributed by atoms with E-state index in [-0.39, 0.29) is 17.8 Å². The van der Waals surface area contributed by atoms with Crippen LogP contribution < -0.4 is 14.2 Å². The number of Topliss-reactive ketones (excluding diaryl/α,β-unsaturated/α-hetero) is 1. The van der Waals surface area contributed by atoms with E-state index in [1.165, 1.54) is 6.92 Å². The van der Waals surface area contributed by atoms with Crippen LogP contribution in [-0.2, 0) is 0 Å². The molecule has 0 aliphatic heterocycles. The lowest BCUT2D eigenvalue weighted by Gasteiger charge is -2.22. The minimum atomic E-state index is -0.0587. The first-order valence-corrected chi connectivity index (χ1v) is 6.79. The van der Waals surface area contributed by atoms with Gasteiger partial charge < -0.3 is 14.2 Å². The molecule has 0 bridgehead atoms. The number of carbonyl (C=O) groups is 1. The maximum Gasteiger partial charge on any atom is 0.204 e. The highest BCUT2D eigenvalue weighted by Gasteiger charge is 2.25. The number of hydrogen-bond acceptors (Lipinski definition) is 4. The zero-order valence-electron chi connectivity index (χ0n) is 13.4. The van der Waals surface area contributed by atoms with E-state index in [0.717, 1.165) is 5.56 Å². The van der Waals surface area contributed by atoms with Crippen molar-refractivity contribution in [1.82, 2.24) is 0 Å². The molecule has 4 heteroatoms. The third-order valence-electron chi connectivity index (χ3n) is 2.98. The Morgan fingerprint density at radius 2 is 1.55 bits per heavy atom. The smallest absolute Gasteiger partial charge is 0.204 e. The molecule has 0 saturated carbocycles. The van der Waals surface area contributed by atoms with Crippen LogP contribution in [0, 0.1) is 0 Å². The van der Waals surface area contributed by atoms with Gasteiger partial charge in [0, 0.05) is 5.56 Å². The van der Waals surface area contributed by atoms with Crippen LogP contribution in [-0.4, -0.2) is 26.1 Å². The molecule has 0 heterocycles. The van der Waals surface area contributed by atoms with E-state index in [2.05, 4.69) is 0 Å². The second kappa shape index (κ2) is 6.64. The van der Waals surface area contributed by atoms with Crippen LogP contribution in [0.3, 0.4) is 0 Å². The van der Waals surface area contributed by atoms with Gasteiger partial charge in [-0.25, -0.2) is 0 Å². The summed E-state index contributed by atoms with van der Waals surface area (Å²) in [4.78, 5) is 11.9. The third kappa shape index (κ3) is 3.24. The highest BCUT2D eigenvalue weighted by molar-refractivity contribution is 5.98. The van der Waals surface area contributed by atoms with Gasteiger partial charge in [-0.15, -0.1) is 0 Å². The summed E-state index contributed by atoms with van der Waals surface area (Å²) in [5, 5.41) is 0. The van der Waals surface area contributed by atoms with E-state index >= 15 is 0 Å². The summed E-state index contributed by atoms with van der Waals surface area (Å²) in [7, 11) is 3.15. The summed E-state index contributed by atoms with van der Waals surface area (Å²) in [6.07, 6.45) is -0.0587. The van der Waals surface area contributed by atoms with Gasteiger partial charge in [-0.3, -0.25) is 4.79 Å². The predicted octanol–water partition coefficient (Wildman–Crippen LogP) is 3.82.